The lowest BCUT2D eigenvalue weighted by Crippen LogP contribution is -2.00. The molecular formula is C13H7Cl2FO2S. The van der Waals surface area contributed by atoms with Gasteiger partial charge < -0.3 is 5.11 Å². The Hall–Kier alpha value is -1.23. The zero-order chi connectivity index (χ0) is 14.0. The molecule has 0 saturated heterocycles. The summed E-state index contributed by atoms with van der Waals surface area (Å²) in [6.07, 6.45) is 0. The van der Waals surface area contributed by atoms with Gasteiger partial charge in [0.1, 0.15) is 5.82 Å². The number of hydrogen-bond donors (Lipinski definition) is 1. The number of halogens is 3. The number of hydrogen-bond acceptors (Lipinski definition) is 2. The zero-order valence-corrected chi connectivity index (χ0v) is 11.7. The first-order valence-electron chi connectivity index (χ1n) is 5.13. The van der Waals surface area contributed by atoms with E-state index in [9.17, 15) is 9.18 Å². The van der Waals surface area contributed by atoms with Crippen LogP contribution in [0.2, 0.25) is 10.0 Å². The van der Waals surface area contributed by atoms with Gasteiger partial charge in [-0.1, -0.05) is 41.0 Å². The minimum atomic E-state index is -1.19. The zero-order valence-electron chi connectivity index (χ0n) is 9.36. The molecule has 2 rings (SSSR count). The summed E-state index contributed by atoms with van der Waals surface area (Å²) < 4.78 is 13.8. The summed E-state index contributed by atoms with van der Waals surface area (Å²) in [6, 6.07) is 8.63. The molecule has 0 atom stereocenters. The second-order valence-corrected chi connectivity index (χ2v) is 5.49. The van der Waals surface area contributed by atoms with Crippen LogP contribution in [0.4, 0.5) is 4.39 Å². The summed E-state index contributed by atoms with van der Waals surface area (Å²) in [7, 11) is 0. The molecule has 2 aromatic carbocycles. The van der Waals surface area contributed by atoms with Gasteiger partial charge in [-0.15, -0.1) is 0 Å². The summed E-state index contributed by atoms with van der Waals surface area (Å²) in [4.78, 5) is 11.6. The van der Waals surface area contributed by atoms with E-state index >= 15 is 0 Å². The van der Waals surface area contributed by atoms with Crippen LogP contribution in [-0.4, -0.2) is 11.1 Å². The maximum absolute atomic E-state index is 13.8. The molecule has 0 aromatic heterocycles. The average molecular weight is 317 g/mol. The number of carboxylic acids is 1. The Morgan fingerprint density at radius 3 is 2.63 bits per heavy atom. The van der Waals surface area contributed by atoms with Gasteiger partial charge in [0, 0.05) is 9.92 Å². The number of aromatic carboxylic acids is 1. The molecule has 0 aliphatic rings. The Morgan fingerprint density at radius 2 is 1.95 bits per heavy atom. The molecule has 0 aliphatic carbocycles. The number of carbonyl (C=O) groups is 1. The van der Waals surface area contributed by atoms with Crippen LogP contribution in [0.25, 0.3) is 0 Å². The van der Waals surface area contributed by atoms with E-state index in [2.05, 4.69) is 0 Å². The number of carboxylic acid groups (broad SMARTS) is 1. The van der Waals surface area contributed by atoms with Crippen molar-refractivity contribution in [2.75, 3.05) is 0 Å². The first-order valence-corrected chi connectivity index (χ1v) is 6.71. The van der Waals surface area contributed by atoms with Crippen molar-refractivity contribution in [1.29, 1.82) is 0 Å². The molecule has 0 bridgehead atoms. The van der Waals surface area contributed by atoms with Gasteiger partial charge in [0.05, 0.1) is 15.5 Å². The van der Waals surface area contributed by atoms with E-state index in [0.717, 1.165) is 11.8 Å². The summed E-state index contributed by atoms with van der Waals surface area (Å²) in [5, 5.41) is 9.88. The smallest absolute Gasteiger partial charge is 0.336 e. The molecule has 2 aromatic rings. The predicted octanol–water partition coefficient (Wildman–Crippen LogP) is 4.98. The molecule has 19 heavy (non-hydrogen) atoms. The van der Waals surface area contributed by atoms with Crippen LogP contribution in [0.1, 0.15) is 10.4 Å². The predicted molar refractivity (Wildman–Crippen MR) is 73.9 cm³/mol. The SMILES string of the molecule is O=C(O)c1cccc(F)c1Sc1cc(Cl)ccc1Cl. The summed E-state index contributed by atoms with van der Waals surface area (Å²) in [5.74, 6) is -1.80. The van der Waals surface area contributed by atoms with Crippen LogP contribution in [0.15, 0.2) is 46.2 Å². The fourth-order valence-electron chi connectivity index (χ4n) is 1.45. The third kappa shape index (κ3) is 3.21. The maximum atomic E-state index is 13.8. The van der Waals surface area contributed by atoms with Gasteiger partial charge in [0.15, 0.2) is 0 Å². The van der Waals surface area contributed by atoms with Crippen molar-refractivity contribution in [1.82, 2.24) is 0 Å². The van der Waals surface area contributed by atoms with E-state index in [4.69, 9.17) is 28.3 Å². The summed E-state index contributed by atoms with van der Waals surface area (Å²) in [5.41, 5.74) is -0.110. The topological polar surface area (TPSA) is 37.3 Å². The highest BCUT2D eigenvalue weighted by Gasteiger charge is 2.16. The normalized spacial score (nSPS) is 10.5. The van der Waals surface area contributed by atoms with Gasteiger partial charge >= 0.3 is 5.97 Å². The van der Waals surface area contributed by atoms with Crippen molar-refractivity contribution >= 4 is 40.9 Å². The summed E-state index contributed by atoms with van der Waals surface area (Å²) >= 11 is 12.8. The molecule has 0 saturated carbocycles. The molecule has 0 radical (unpaired) electrons. The van der Waals surface area contributed by atoms with Crippen LogP contribution < -0.4 is 0 Å². The van der Waals surface area contributed by atoms with Crippen molar-refractivity contribution in [3.05, 3.63) is 57.8 Å². The molecule has 0 unspecified atom stereocenters. The van der Waals surface area contributed by atoms with Crippen molar-refractivity contribution in [2.45, 2.75) is 9.79 Å². The summed E-state index contributed by atoms with van der Waals surface area (Å²) in [6.45, 7) is 0. The minimum absolute atomic E-state index is 0.0131. The van der Waals surface area contributed by atoms with Crippen molar-refractivity contribution < 1.29 is 14.3 Å². The highest BCUT2D eigenvalue weighted by atomic mass is 35.5. The van der Waals surface area contributed by atoms with Crippen LogP contribution in [0.3, 0.4) is 0 Å². The lowest BCUT2D eigenvalue weighted by atomic mass is 10.2. The van der Waals surface area contributed by atoms with E-state index in [1.54, 1.807) is 18.2 Å². The van der Waals surface area contributed by atoms with Crippen LogP contribution in [0, 0.1) is 5.82 Å². The molecular weight excluding hydrogens is 310 g/mol. The average Bonchev–Trinajstić information content (AvgIpc) is 2.35. The van der Waals surface area contributed by atoms with E-state index in [-0.39, 0.29) is 10.5 Å². The first-order chi connectivity index (χ1) is 8.99. The third-order valence-corrected chi connectivity index (χ3v) is 4.16. The molecule has 0 spiro atoms. The van der Waals surface area contributed by atoms with Crippen LogP contribution in [-0.2, 0) is 0 Å². The maximum Gasteiger partial charge on any atom is 0.336 e. The monoisotopic (exact) mass is 316 g/mol. The van der Waals surface area contributed by atoms with E-state index in [1.165, 1.54) is 18.2 Å². The molecule has 0 aliphatic heterocycles. The van der Waals surface area contributed by atoms with Gasteiger partial charge in [-0.3, -0.25) is 0 Å². The second kappa shape index (κ2) is 5.82. The largest absolute Gasteiger partial charge is 0.478 e. The van der Waals surface area contributed by atoms with Gasteiger partial charge in [0.2, 0.25) is 0 Å². The first kappa shape index (κ1) is 14.2. The number of rotatable bonds is 3. The Morgan fingerprint density at radius 1 is 1.21 bits per heavy atom. The van der Waals surface area contributed by atoms with Crippen molar-refractivity contribution in [2.24, 2.45) is 0 Å². The van der Waals surface area contributed by atoms with Gasteiger partial charge in [-0.05, 0) is 30.3 Å². The molecule has 0 amide bonds. The van der Waals surface area contributed by atoms with Crippen LogP contribution in [0.5, 0.6) is 0 Å². The van der Waals surface area contributed by atoms with Crippen LogP contribution >= 0.6 is 35.0 Å². The van der Waals surface area contributed by atoms with E-state index in [1.807, 2.05) is 0 Å². The van der Waals surface area contributed by atoms with E-state index in [0.29, 0.717) is 14.9 Å². The fourth-order valence-corrected chi connectivity index (χ4v) is 2.92. The van der Waals surface area contributed by atoms with Crippen molar-refractivity contribution in [3.63, 3.8) is 0 Å². The third-order valence-electron chi connectivity index (χ3n) is 2.30. The quantitative estimate of drug-likeness (QED) is 0.867. The molecule has 6 heteroatoms. The Bertz CT molecular complexity index is 647. The van der Waals surface area contributed by atoms with Gasteiger partial charge in [0.25, 0.3) is 0 Å². The fraction of sp³-hybridized carbons (Fsp3) is 0. The Labute approximate surface area is 123 Å². The second-order valence-electron chi connectivity index (χ2n) is 3.60. The molecule has 0 heterocycles. The number of benzene rings is 2. The Kier molecular flexibility index (Phi) is 4.34. The lowest BCUT2D eigenvalue weighted by Gasteiger charge is -2.08. The lowest BCUT2D eigenvalue weighted by molar-refractivity contribution is 0.0692. The highest BCUT2D eigenvalue weighted by Crippen LogP contribution is 2.38. The molecule has 2 nitrogen and oxygen atoms in total. The molecule has 0 fully saturated rings. The van der Waals surface area contributed by atoms with Gasteiger partial charge in [-0.2, -0.15) is 0 Å². The van der Waals surface area contributed by atoms with Crippen molar-refractivity contribution in [3.8, 4) is 0 Å². The standard InChI is InChI=1S/C13H7Cl2FO2S/c14-7-4-5-9(15)11(6-7)19-12-8(13(17)18)2-1-3-10(12)16/h1-6H,(H,17,18). The highest BCUT2D eigenvalue weighted by molar-refractivity contribution is 7.99. The molecule has 1 N–H and O–H groups in total. The molecule has 98 valence electrons. The van der Waals surface area contributed by atoms with E-state index < -0.39 is 11.8 Å². The van der Waals surface area contributed by atoms with Gasteiger partial charge in [-0.25, -0.2) is 9.18 Å². The Balaban J connectivity index is 2.49. The minimum Gasteiger partial charge on any atom is -0.478 e.